The zero-order valence-electron chi connectivity index (χ0n) is 9.23. The lowest BCUT2D eigenvalue weighted by atomic mass is 10.1. The summed E-state index contributed by atoms with van der Waals surface area (Å²) >= 11 is 0. The summed E-state index contributed by atoms with van der Waals surface area (Å²) in [4.78, 5) is 11.8. The van der Waals surface area contributed by atoms with Crippen LogP contribution in [0.1, 0.15) is 10.4 Å². The highest BCUT2D eigenvalue weighted by Crippen LogP contribution is 2.09. The topological polar surface area (TPSA) is 25.9 Å². The molecule has 0 bridgehead atoms. The van der Waals surface area contributed by atoms with Gasteiger partial charge in [-0.25, -0.2) is 17.9 Å². The summed E-state index contributed by atoms with van der Waals surface area (Å²) in [7, 11) is 1.83. The first-order chi connectivity index (χ1) is 8.06. The lowest BCUT2D eigenvalue weighted by Gasteiger charge is -1.99. The van der Waals surface area contributed by atoms with E-state index in [9.17, 15) is 13.6 Å². The Morgan fingerprint density at radius 2 is 2.12 bits per heavy atom. The molecule has 0 N–H and O–H groups in total. The second kappa shape index (κ2) is 4.45. The molecule has 1 aromatic carbocycles. The van der Waals surface area contributed by atoms with Gasteiger partial charge in [-0.15, -0.1) is 0 Å². The second-order valence-electron chi connectivity index (χ2n) is 3.80. The van der Waals surface area contributed by atoms with Crippen LogP contribution in [0.4, 0.5) is 8.78 Å². The molecule has 0 saturated heterocycles. The van der Waals surface area contributed by atoms with Crippen LogP contribution in [0.2, 0.25) is 0 Å². The first kappa shape index (κ1) is 11.4. The smallest absolute Gasteiger partial charge is 0.243 e. The van der Waals surface area contributed by atoms with Crippen molar-refractivity contribution in [2.24, 2.45) is 7.05 Å². The third-order valence-electron chi connectivity index (χ3n) is 2.39. The van der Waals surface area contributed by atoms with Gasteiger partial charge in [-0.3, -0.25) is 4.79 Å². The van der Waals surface area contributed by atoms with E-state index in [4.69, 9.17) is 0 Å². The molecule has 0 amide bonds. The fraction of sp³-hybridized carbons (Fsp3) is 0.167. The zero-order chi connectivity index (χ0) is 12.4. The largest absolute Gasteiger partial charge is 0.290 e. The summed E-state index contributed by atoms with van der Waals surface area (Å²) in [6.07, 6.45) is 5.26. The Morgan fingerprint density at radius 1 is 1.35 bits per heavy atom. The third-order valence-corrected chi connectivity index (χ3v) is 2.39. The summed E-state index contributed by atoms with van der Waals surface area (Å²) in [5.74, 6) is -2.22. The Bertz CT molecular complexity index is 563. The second-order valence-corrected chi connectivity index (χ2v) is 3.80. The quantitative estimate of drug-likeness (QED) is 0.586. The number of carbonyl (C=O) groups is 1. The van der Waals surface area contributed by atoms with Gasteiger partial charge in [-0.2, -0.15) is 0 Å². The normalized spacial score (nSPS) is 10.5. The third kappa shape index (κ3) is 2.55. The number of aryl methyl sites for hydroxylation is 1. The maximum absolute atomic E-state index is 12.9. The number of ketones is 1. The Morgan fingerprint density at radius 3 is 2.71 bits per heavy atom. The molecule has 5 heteroatoms. The van der Waals surface area contributed by atoms with Crippen molar-refractivity contribution in [2.75, 3.05) is 0 Å². The van der Waals surface area contributed by atoms with Crippen LogP contribution < -0.4 is 4.57 Å². The molecule has 1 aromatic heterocycles. The van der Waals surface area contributed by atoms with Crippen LogP contribution in [0.15, 0.2) is 36.9 Å². The van der Waals surface area contributed by atoms with Gasteiger partial charge in [0.25, 0.3) is 0 Å². The van der Waals surface area contributed by atoms with Crippen molar-refractivity contribution in [3.8, 4) is 0 Å². The maximum atomic E-state index is 12.9. The van der Waals surface area contributed by atoms with Crippen molar-refractivity contribution in [3.05, 3.63) is 54.1 Å². The molecule has 0 radical (unpaired) electrons. The Kier molecular flexibility index (Phi) is 2.99. The molecule has 0 unspecified atom stereocenters. The number of rotatable bonds is 3. The summed E-state index contributed by atoms with van der Waals surface area (Å²) < 4.78 is 29.1. The molecule has 0 aliphatic rings. The number of benzene rings is 1. The summed E-state index contributed by atoms with van der Waals surface area (Å²) in [5, 5.41) is 0. The minimum atomic E-state index is -1.01. The van der Waals surface area contributed by atoms with Crippen molar-refractivity contribution >= 4 is 5.78 Å². The van der Waals surface area contributed by atoms with E-state index < -0.39 is 11.6 Å². The first-order valence-electron chi connectivity index (χ1n) is 5.05. The standard InChI is InChI=1S/C12H11F2N2O/c1-15-4-5-16(8-15)7-12(17)9-2-3-10(13)11(14)6-9/h2-6,8H,7H2,1H3/q+1. The van der Waals surface area contributed by atoms with E-state index in [1.807, 2.05) is 7.05 Å². The maximum Gasteiger partial charge on any atom is 0.243 e. The number of halogens is 2. The molecule has 0 spiro atoms. The Labute approximate surface area is 96.9 Å². The van der Waals surface area contributed by atoms with Gasteiger partial charge in [-0.1, -0.05) is 0 Å². The highest BCUT2D eigenvalue weighted by atomic mass is 19.2. The average molecular weight is 237 g/mol. The van der Waals surface area contributed by atoms with E-state index >= 15 is 0 Å². The molecule has 2 aromatic rings. The first-order valence-corrected chi connectivity index (χ1v) is 5.05. The number of hydrogen-bond donors (Lipinski definition) is 0. The number of carbonyl (C=O) groups excluding carboxylic acids is 1. The minimum absolute atomic E-state index is 0.103. The number of nitrogens with zero attached hydrogens (tertiary/aromatic N) is 2. The molecular weight excluding hydrogens is 226 g/mol. The Hall–Kier alpha value is -2.04. The lowest BCUT2D eigenvalue weighted by Crippen LogP contribution is -2.24. The van der Waals surface area contributed by atoms with Crippen molar-refractivity contribution in [3.63, 3.8) is 0 Å². The molecule has 0 aliphatic heterocycles. The van der Waals surface area contributed by atoms with E-state index in [-0.39, 0.29) is 17.9 Å². The molecule has 88 valence electrons. The van der Waals surface area contributed by atoms with E-state index in [1.54, 1.807) is 27.9 Å². The van der Waals surface area contributed by atoms with Crippen LogP contribution in [-0.2, 0) is 13.6 Å². The zero-order valence-corrected chi connectivity index (χ0v) is 9.23. The predicted octanol–water partition coefficient (Wildman–Crippen LogP) is 1.47. The molecule has 0 aliphatic carbocycles. The van der Waals surface area contributed by atoms with E-state index in [1.165, 1.54) is 6.07 Å². The van der Waals surface area contributed by atoms with E-state index in [0.29, 0.717) is 0 Å². The monoisotopic (exact) mass is 237 g/mol. The minimum Gasteiger partial charge on any atom is -0.290 e. The molecule has 0 saturated carbocycles. The highest BCUT2D eigenvalue weighted by molar-refractivity contribution is 5.95. The molecule has 17 heavy (non-hydrogen) atoms. The average Bonchev–Trinajstić information content (AvgIpc) is 2.68. The summed E-state index contributed by atoms with van der Waals surface area (Å²) in [6, 6.07) is 3.16. The lowest BCUT2D eigenvalue weighted by molar-refractivity contribution is -0.671. The highest BCUT2D eigenvalue weighted by Gasteiger charge is 2.13. The van der Waals surface area contributed by atoms with Gasteiger partial charge in [0.2, 0.25) is 12.1 Å². The van der Waals surface area contributed by atoms with Gasteiger partial charge in [0.15, 0.2) is 18.2 Å². The number of hydrogen-bond acceptors (Lipinski definition) is 1. The fourth-order valence-electron chi connectivity index (χ4n) is 1.52. The molecule has 0 atom stereocenters. The number of Topliss-reactive ketones (excluding diaryl/α,β-unsaturated/α-hetero) is 1. The summed E-state index contributed by atoms with van der Waals surface area (Å²) in [6.45, 7) is 0.103. The molecular formula is C12H11F2N2O+. The van der Waals surface area contributed by atoms with Crippen LogP contribution in [0.25, 0.3) is 0 Å². The van der Waals surface area contributed by atoms with Crippen LogP contribution in [0.5, 0.6) is 0 Å². The molecule has 1 heterocycles. The van der Waals surface area contributed by atoms with Gasteiger partial charge in [0.1, 0.15) is 12.4 Å². The van der Waals surface area contributed by atoms with Crippen LogP contribution >= 0.6 is 0 Å². The van der Waals surface area contributed by atoms with Gasteiger partial charge in [0, 0.05) is 5.56 Å². The SMILES string of the molecule is C[n+]1ccn(CC(=O)c2ccc(F)c(F)c2)c1. The van der Waals surface area contributed by atoms with Crippen molar-refractivity contribution in [1.82, 2.24) is 4.57 Å². The van der Waals surface area contributed by atoms with Gasteiger partial charge in [-0.05, 0) is 18.2 Å². The predicted molar refractivity (Wildman–Crippen MR) is 56.3 cm³/mol. The van der Waals surface area contributed by atoms with Gasteiger partial charge >= 0.3 is 0 Å². The Balaban J connectivity index is 2.17. The van der Waals surface area contributed by atoms with Crippen molar-refractivity contribution < 1.29 is 18.1 Å². The van der Waals surface area contributed by atoms with Gasteiger partial charge < -0.3 is 0 Å². The fourth-order valence-corrected chi connectivity index (χ4v) is 1.52. The van der Waals surface area contributed by atoms with Crippen LogP contribution in [-0.4, -0.2) is 10.4 Å². The summed E-state index contributed by atoms with van der Waals surface area (Å²) in [5.41, 5.74) is 0.167. The van der Waals surface area contributed by atoms with E-state index in [2.05, 4.69) is 0 Å². The number of aromatic nitrogens is 2. The van der Waals surface area contributed by atoms with E-state index in [0.717, 1.165) is 12.1 Å². The molecule has 0 fully saturated rings. The number of imidazole rings is 1. The van der Waals surface area contributed by atoms with Gasteiger partial charge in [0.05, 0.1) is 7.05 Å². The van der Waals surface area contributed by atoms with Crippen LogP contribution in [0, 0.1) is 11.6 Å². The molecule has 2 rings (SSSR count). The van der Waals surface area contributed by atoms with Crippen molar-refractivity contribution in [2.45, 2.75) is 6.54 Å². The van der Waals surface area contributed by atoms with Crippen molar-refractivity contribution in [1.29, 1.82) is 0 Å². The molecule has 3 nitrogen and oxygen atoms in total. The van der Waals surface area contributed by atoms with Crippen LogP contribution in [0.3, 0.4) is 0 Å².